The Morgan fingerprint density at radius 3 is 2.80 bits per heavy atom. The number of nitro groups is 1. The average Bonchev–Trinajstić information content (AvgIpc) is 2.72. The molecule has 2 aromatic rings. The van der Waals surface area contributed by atoms with E-state index in [0.717, 1.165) is 12.8 Å². The van der Waals surface area contributed by atoms with E-state index in [1.54, 1.807) is 11.0 Å². The number of piperidine rings is 1. The molecule has 1 unspecified atom stereocenters. The highest BCUT2D eigenvalue weighted by molar-refractivity contribution is 6.33. The van der Waals surface area contributed by atoms with Gasteiger partial charge in [-0.2, -0.15) is 0 Å². The van der Waals surface area contributed by atoms with Crippen molar-refractivity contribution in [2.45, 2.75) is 12.8 Å². The molecular weight excluding hydrogens is 415 g/mol. The molecule has 10 heteroatoms. The molecule has 8 nitrogen and oxygen atoms in total. The molecule has 3 rings (SSSR count). The van der Waals surface area contributed by atoms with Crippen molar-refractivity contribution in [3.05, 3.63) is 69.0 Å². The molecule has 1 saturated heterocycles. The van der Waals surface area contributed by atoms with Crippen molar-refractivity contribution in [1.82, 2.24) is 10.2 Å². The van der Waals surface area contributed by atoms with Crippen molar-refractivity contribution >= 4 is 34.9 Å². The molecule has 2 aromatic carbocycles. The number of nitrogens with one attached hydrogen (secondary N) is 2. The summed E-state index contributed by atoms with van der Waals surface area (Å²) in [5.41, 5.74) is 0.226. The number of benzene rings is 2. The van der Waals surface area contributed by atoms with E-state index >= 15 is 0 Å². The quantitative estimate of drug-likeness (QED) is 0.546. The summed E-state index contributed by atoms with van der Waals surface area (Å²) in [6, 6.07) is 8.87. The van der Waals surface area contributed by atoms with Crippen LogP contribution in [0.2, 0.25) is 5.02 Å². The van der Waals surface area contributed by atoms with Gasteiger partial charge in [0.25, 0.3) is 11.6 Å². The average molecular weight is 435 g/mol. The minimum atomic E-state index is -0.576. The van der Waals surface area contributed by atoms with Crippen LogP contribution in [-0.2, 0) is 0 Å². The van der Waals surface area contributed by atoms with Crippen LogP contribution in [-0.4, -0.2) is 41.4 Å². The van der Waals surface area contributed by atoms with E-state index in [4.69, 9.17) is 11.6 Å². The molecule has 0 saturated carbocycles. The molecule has 0 aromatic heterocycles. The first kappa shape index (κ1) is 21.5. The van der Waals surface area contributed by atoms with Crippen LogP contribution in [0.25, 0.3) is 0 Å². The zero-order valence-corrected chi connectivity index (χ0v) is 16.7. The van der Waals surface area contributed by atoms with Crippen LogP contribution in [0.5, 0.6) is 0 Å². The van der Waals surface area contributed by atoms with Gasteiger partial charge in [0.1, 0.15) is 5.82 Å². The summed E-state index contributed by atoms with van der Waals surface area (Å²) in [7, 11) is 0. The van der Waals surface area contributed by atoms with E-state index in [9.17, 15) is 24.1 Å². The van der Waals surface area contributed by atoms with Crippen molar-refractivity contribution < 1.29 is 18.9 Å². The Labute approximate surface area is 177 Å². The van der Waals surface area contributed by atoms with Crippen LogP contribution in [0, 0.1) is 21.8 Å². The van der Waals surface area contributed by atoms with Crippen molar-refractivity contribution in [2.75, 3.05) is 25.0 Å². The fourth-order valence-corrected chi connectivity index (χ4v) is 3.55. The molecule has 158 valence electrons. The van der Waals surface area contributed by atoms with Crippen molar-refractivity contribution in [2.24, 2.45) is 5.92 Å². The minimum absolute atomic E-state index is 0.0124. The fourth-order valence-electron chi connectivity index (χ4n) is 3.36. The summed E-state index contributed by atoms with van der Waals surface area (Å²) in [5.74, 6) is -0.815. The van der Waals surface area contributed by atoms with Gasteiger partial charge in [-0.25, -0.2) is 9.18 Å². The summed E-state index contributed by atoms with van der Waals surface area (Å²) in [5, 5.41) is 16.4. The van der Waals surface area contributed by atoms with E-state index in [1.807, 2.05) is 0 Å². The van der Waals surface area contributed by atoms with Crippen molar-refractivity contribution in [3.8, 4) is 0 Å². The number of carbonyl (C=O) groups is 2. The molecule has 3 amide bonds. The van der Waals surface area contributed by atoms with Crippen LogP contribution in [0.15, 0.2) is 42.5 Å². The predicted octanol–water partition coefficient (Wildman–Crippen LogP) is 4.06. The second-order valence-electron chi connectivity index (χ2n) is 7.03. The maximum atomic E-state index is 13.2. The third-order valence-electron chi connectivity index (χ3n) is 4.83. The van der Waals surface area contributed by atoms with Gasteiger partial charge in [0.15, 0.2) is 0 Å². The van der Waals surface area contributed by atoms with Gasteiger partial charge in [0.05, 0.1) is 15.5 Å². The topological polar surface area (TPSA) is 105 Å². The first-order chi connectivity index (χ1) is 14.3. The number of hydrogen-bond acceptors (Lipinski definition) is 4. The smallest absolute Gasteiger partial charge is 0.319 e. The van der Waals surface area contributed by atoms with E-state index in [-0.39, 0.29) is 28.1 Å². The summed E-state index contributed by atoms with van der Waals surface area (Å²) in [6.45, 7) is 1.22. The summed E-state index contributed by atoms with van der Waals surface area (Å²) < 4.78 is 13.2. The second kappa shape index (κ2) is 9.53. The van der Waals surface area contributed by atoms with E-state index in [1.165, 1.54) is 36.4 Å². The van der Waals surface area contributed by atoms with Gasteiger partial charge in [-0.1, -0.05) is 17.7 Å². The molecule has 1 atom stereocenters. The van der Waals surface area contributed by atoms with Crippen molar-refractivity contribution in [1.29, 1.82) is 0 Å². The first-order valence-corrected chi connectivity index (χ1v) is 9.75. The van der Waals surface area contributed by atoms with Crippen LogP contribution in [0.3, 0.4) is 0 Å². The largest absolute Gasteiger partial charge is 0.338 e. The Morgan fingerprint density at radius 1 is 1.27 bits per heavy atom. The van der Waals surface area contributed by atoms with Gasteiger partial charge >= 0.3 is 6.03 Å². The highest BCUT2D eigenvalue weighted by Gasteiger charge is 2.27. The number of halogens is 2. The lowest BCUT2D eigenvalue weighted by molar-refractivity contribution is -0.384. The summed E-state index contributed by atoms with van der Waals surface area (Å²) >= 11 is 6.08. The SMILES string of the molecule is O=C(NCC1CCCN(C(=O)c2cc([N+](=O)[O-])ccc2Cl)C1)Nc1cccc(F)c1. The van der Waals surface area contributed by atoms with Gasteiger partial charge in [0.2, 0.25) is 0 Å². The number of urea groups is 1. The maximum absolute atomic E-state index is 13.2. The number of nitro benzene ring substituents is 1. The number of non-ortho nitro benzene ring substituents is 1. The molecule has 1 fully saturated rings. The highest BCUT2D eigenvalue weighted by Crippen LogP contribution is 2.25. The molecular formula is C20H20ClFN4O4. The van der Waals surface area contributed by atoms with Gasteiger partial charge in [-0.15, -0.1) is 0 Å². The van der Waals surface area contributed by atoms with Gasteiger partial charge in [-0.05, 0) is 43.0 Å². The standard InChI is InChI=1S/C20H20ClFN4O4/c21-18-7-6-16(26(29)30)10-17(18)19(27)25-8-2-3-13(12-25)11-23-20(28)24-15-5-1-4-14(22)9-15/h1,4-7,9-10,13H,2-3,8,11-12H2,(H2,23,24,28). The second-order valence-corrected chi connectivity index (χ2v) is 7.43. The summed E-state index contributed by atoms with van der Waals surface area (Å²) in [4.78, 5) is 36.9. The molecule has 1 aliphatic rings. The lowest BCUT2D eigenvalue weighted by Gasteiger charge is -2.33. The number of anilines is 1. The van der Waals surface area contributed by atoms with Crippen LogP contribution in [0.4, 0.5) is 20.6 Å². The van der Waals surface area contributed by atoms with E-state index < -0.39 is 16.8 Å². The molecule has 0 bridgehead atoms. The molecule has 0 spiro atoms. The lowest BCUT2D eigenvalue weighted by Crippen LogP contribution is -2.44. The number of rotatable bonds is 5. The molecule has 1 aliphatic heterocycles. The van der Waals surface area contributed by atoms with Gasteiger partial charge in [0, 0.05) is 37.5 Å². The van der Waals surface area contributed by atoms with E-state index in [0.29, 0.717) is 25.3 Å². The zero-order chi connectivity index (χ0) is 21.7. The Balaban J connectivity index is 1.57. The third kappa shape index (κ3) is 5.44. The van der Waals surface area contributed by atoms with Crippen LogP contribution < -0.4 is 10.6 Å². The normalized spacial score (nSPS) is 16.1. The molecule has 0 aliphatic carbocycles. The molecule has 0 radical (unpaired) electrons. The number of carbonyl (C=O) groups excluding carboxylic acids is 2. The lowest BCUT2D eigenvalue weighted by atomic mass is 9.97. The Morgan fingerprint density at radius 2 is 2.07 bits per heavy atom. The maximum Gasteiger partial charge on any atom is 0.319 e. The fraction of sp³-hybridized carbons (Fsp3) is 0.300. The zero-order valence-electron chi connectivity index (χ0n) is 15.9. The highest BCUT2D eigenvalue weighted by atomic mass is 35.5. The van der Waals surface area contributed by atoms with Gasteiger partial charge < -0.3 is 15.5 Å². The summed E-state index contributed by atoms with van der Waals surface area (Å²) in [6.07, 6.45) is 1.54. The van der Waals surface area contributed by atoms with E-state index in [2.05, 4.69) is 10.6 Å². The number of hydrogen-bond donors (Lipinski definition) is 2. The monoisotopic (exact) mass is 434 g/mol. The molecule has 30 heavy (non-hydrogen) atoms. The Bertz CT molecular complexity index is 972. The number of nitrogens with zero attached hydrogens (tertiary/aromatic N) is 2. The molecule has 2 N–H and O–H groups in total. The Hall–Kier alpha value is -3.20. The number of likely N-dealkylation sites (tertiary alicyclic amines) is 1. The number of amides is 3. The van der Waals surface area contributed by atoms with Crippen molar-refractivity contribution in [3.63, 3.8) is 0 Å². The Kier molecular flexibility index (Phi) is 6.83. The van der Waals surface area contributed by atoms with Crippen LogP contribution in [0.1, 0.15) is 23.2 Å². The third-order valence-corrected chi connectivity index (χ3v) is 5.16. The van der Waals surface area contributed by atoms with Gasteiger partial charge in [-0.3, -0.25) is 14.9 Å². The predicted molar refractivity (Wildman–Crippen MR) is 110 cm³/mol. The molecule has 1 heterocycles. The van der Waals surface area contributed by atoms with Crippen LogP contribution >= 0.6 is 11.6 Å². The minimum Gasteiger partial charge on any atom is -0.338 e. The first-order valence-electron chi connectivity index (χ1n) is 9.37.